The molecule has 0 saturated carbocycles. The summed E-state index contributed by atoms with van der Waals surface area (Å²) in [6, 6.07) is 4.50. The second-order valence-corrected chi connectivity index (χ2v) is 8.16. The summed E-state index contributed by atoms with van der Waals surface area (Å²) in [5.74, 6) is 0. The molecule has 1 amide bonds. The van der Waals surface area contributed by atoms with Crippen LogP contribution in [0.1, 0.15) is 20.8 Å². The summed E-state index contributed by atoms with van der Waals surface area (Å²) in [4.78, 5) is 11.4. The van der Waals surface area contributed by atoms with Gasteiger partial charge in [0.1, 0.15) is 10.5 Å². The summed E-state index contributed by atoms with van der Waals surface area (Å²) in [5.41, 5.74) is 5.23. The Bertz CT molecular complexity index is 641. The van der Waals surface area contributed by atoms with E-state index in [0.717, 1.165) is 0 Å². The van der Waals surface area contributed by atoms with Gasteiger partial charge in [0.05, 0.1) is 5.69 Å². The molecule has 0 heterocycles. The first-order valence-electron chi connectivity index (χ1n) is 6.53. The zero-order chi connectivity index (χ0) is 17.0. The van der Waals surface area contributed by atoms with Crippen LogP contribution in [0.25, 0.3) is 0 Å². The molecule has 0 aromatic heterocycles. The van der Waals surface area contributed by atoms with E-state index in [0.29, 0.717) is 4.47 Å². The molecule has 9 heteroatoms. The molecule has 4 N–H and O–H groups in total. The quantitative estimate of drug-likeness (QED) is 0.521. The number of carbonyl (C=O) groups is 1. The highest BCUT2D eigenvalue weighted by molar-refractivity contribution is 9.10. The normalized spacial score (nSPS) is 12.0. The number of halogens is 1. The molecule has 0 aliphatic rings. The Kier molecular flexibility index (Phi) is 6.21. The van der Waals surface area contributed by atoms with Crippen molar-refractivity contribution in [3.05, 3.63) is 22.7 Å². The molecule has 0 spiro atoms. The van der Waals surface area contributed by atoms with Crippen LogP contribution in [0.5, 0.6) is 0 Å². The fourth-order valence-corrected chi connectivity index (χ4v) is 3.03. The number of hydrogen-bond acceptors (Lipinski definition) is 5. The maximum atomic E-state index is 12.1. The summed E-state index contributed by atoms with van der Waals surface area (Å²) in [6.45, 7) is 5.35. The number of hydrogen-bond donors (Lipinski definition) is 3. The highest BCUT2D eigenvalue weighted by Gasteiger charge is 2.18. The molecule has 0 unspecified atom stereocenters. The van der Waals surface area contributed by atoms with Gasteiger partial charge in [-0.1, -0.05) is 15.9 Å². The molecule has 1 rings (SSSR count). The number of nitrogens with two attached hydrogens (primary N) is 1. The van der Waals surface area contributed by atoms with E-state index in [1.807, 2.05) is 0 Å². The third kappa shape index (κ3) is 6.20. The molecule has 0 radical (unpaired) electrons. The summed E-state index contributed by atoms with van der Waals surface area (Å²) in [5, 5.41) is 2.46. The first-order valence-corrected chi connectivity index (χ1v) is 8.80. The van der Waals surface area contributed by atoms with Gasteiger partial charge in [-0.15, -0.1) is 0 Å². The van der Waals surface area contributed by atoms with Crippen molar-refractivity contribution in [1.29, 1.82) is 0 Å². The second kappa shape index (κ2) is 7.30. The van der Waals surface area contributed by atoms with Crippen molar-refractivity contribution in [2.24, 2.45) is 0 Å². The van der Waals surface area contributed by atoms with Crippen LogP contribution >= 0.6 is 15.9 Å². The third-order valence-corrected chi connectivity index (χ3v) is 4.37. The SMILES string of the molecule is CC(C)(C)OC(=O)NCCNS(=O)(=O)c1ccc(Br)cc1N. The number of carbonyl (C=O) groups excluding carboxylic acids is 1. The van der Waals surface area contributed by atoms with Gasteiger partial charge in [0.25, 0.3) is 0 Å². The van der Waals surface area contributed by atoms with Crippen molar-refractivity contribution < 1.29 is 17.9 Å². The molecule has 0 atom stereocenters. The molecule has 1 aromatic rings. The van der Waals surface area contributed by atoms with Crippen LogP contribution in [0.4, 0.5) is 10.5 Å². The molecular weight excluding hydrogens is 374 g/mol. The van der Waals surface area contributed by atoms with Crippen LogP contribution in [-0.4, -0.2) is 33.2 Å². The Labute approximate surface area is 138 Å². The number of benzene rings is 1. The van der Waals surface area contributed by atoms with E-state index in [4.69, 9.17) is 10.5 Å². The average Bonchev–Trinajstić information content (AvgIpc) is 2.32. The molecule has 7 nitrogen and oxygen atoms in total. The Hall–Kier alpha value is -1.32. The van der Waals surface area contributed by atoms with Crippen LogP contribution < -0.4 is 15.8 Å². The molecule has 0 fully saturated rings. The van der Waals surface area contributed by atoms with Crippen molar-refractivity contribution >= 4 is 37.7 Å². The van der Waals surface area contributed by atoms with Crippen LogP contribution in [0.3, 0.4) is 0 Å². The fraction of sp³-hybridized carbons (Fsp3) is 0.462. The van der Waals surface area contributed by atoms with Crippen molar-refractivity contribution in [3.8, 4) is 0 Å². The number of rotatable bonds is 5. The molecular formula is C13H20BrN3O4S. The largest absolute Gasteiger partial charge is 0.444 e. The number of nitrogen functional groups attached to an aromatic ring is 1. The van der Waals surface area contributed by atoms with Gasteiger partial charge in [-0.25, -0.2) is 17.9 Å². The van der Waals surface area contributed by atoms with Gasteiger partial charge in [0.2, 0.25) is 10.0 Å². The third-order valence-electron chi connectivity index (χ3n) is 2.35. The minimum Gasteiger partial charge on any atom is -0.444 e. The zero-order valence-electron chi connectivity index (χ0n) is 12.6. The maximum absolute atomic E-state index is 12.1. The minimum absolute atomic E-state index is 0.00651. The van der Waals surface area contributed by atoms with E-state index in [1.54, 1.807) is 26.8 Å². The molecule has 1 aromatic carbocycles. The topological polar surface area (TPSA) is 111 Å². The van der Waals surface area contributed by atoms with Gasteiger partial charge >= 0.3 is 6.09 Å². The number of anilines is 1. The molecule has 0 bridgehead atoms. The van der Waals surface area contributed by atoms with E-state index in [2.05, 4.69) is 26.0 Å². The van der Waals surface area contributed by atoms with E-state index in [1.165, 1.54) is 12.1 Å². The molecule has 124 valence electrons. The van der Waals surface area contributed by atoms with Crippen LogP contribution in [0.15, 0.2) is 27.6 Å². The lowest BCUT2D eigenvalue weighted by Gasteiger charge is -2.19. The van der Waals surface area contributed by atoms with Crippen molar-refractivity contribution in [1.82, 2.24) is 10.0 Å². The molecule has 0 aliphatic carbocycles. The van der Waals surface area contributed by atoms with Crippen molar-refractivity contribution in [2.75, 3.05) is 18.8 Å². The number of nitrogens with one attached hydrogen (secondary N) is 2. The molecule has 0 saturated heterocycles. The zero-order valence-corrected chi connectivity index (χ0v) is 15.0. The van der Waals surface area contributed by atoms with Crippen LogP contribution in [0, 0.1) is 0 Å². The predicted molar refractivity (Wildman–Crippen MR) is 88.0 cm³/mol. The Morgan fingerprint density at radius 2 is 1.95 bits per heavy atom. The molecule has 0 aliphatic heterocycles. The van der Waals surface area contributed by atoms with Gasteiger partial charge in [-0.3, -0.25) is 0 Å². The van der Waals surface area contributed by atoms with Crippen LogP contribution in [0.2, 0.25) is 0 Å². The van der Waals surface area contributed by atoms with Gasteiger partial charge in [0.15, 0.2) is 0 Å². The lowest BCUT2D eigenvalue weighted by molar-refractivity contribution is 0.0529. The van der Waals surface area contributed by atoms with Gasteiger partial charge in [-0.2, -0.15) is 0 Å². The number of alkyl carbamates (subject to hydrolysis) is 1. The second-order valence-electron chi connectivity index (χ2n) is 5.51. The average molecular weight is 394 g/mol. The summed E-state index contributed by atoms with van der Waals surface area (Å²) < 4.78 is 32.3. The van der Waals surface area contributed by atoms with E-state index >= 15 is 0 Å². The summed E-state index contributed by atoms with van der Waals surface area (Å²) >= 11 is 3.21. The van der Waals surface area contributed by atoms with E-state index in [9.17, 15) is 13.2 Å². The highest BCUT2D eigenvalue weighted by atomic mass is 79.9. The smallest absolute Gasteiger partial charge is 0.407 e. The van der Waals surface area contributed by atoms with Crippen molar-refractivity contribution in [3.63, 3.8) is 0 Å². The van der Waals surface area contributed by atoms with Gasteiger partial charge in [0, 0.05) is 17.6 Å². The summed E-state index contributed by atoms with van der Waals surface area (Å²) in [6.07, 6.45) is -0.602. The van der Waals surface area contributed by atoms with E-state index in [-0.39, 0.29) is 23.7 Å². The van der Waals surface area contributed by atoms with Crippen LogP contribution in [-0.2, 0) is 14.8 Å². The monoisotopic (exact) mass is 393 g/mol. The van der Waals surface area contributed by atoms with E-state index < -0.39 is 21.7 Å². The maximum Gasteiger partial charge on any atom is 0.407 e. The van der Waals surface area contributed by atoms with Gasteiger partial charge < -0.3 is 15.8 Å². The minimum atomic E-state index is -3.73. The standard InChI is InChI=1S/C13H20BrN3O4S/c1-13(2,3)21-12(18)16-6-7-17-22(19,20)11-5-4-9(14)8-10(11)15/h4-5,8,17H,6-7,15H2,1-3H3,(H,16,18). The number of amides is 1. The number of sulfonamides is 1. The Morgan fingerprint density at radius 1 is 1.32 bits per heavy atom. The molecule has 22 heavy (non-hydrogen) atoms. The lowest BCUT2D eigenvalue weighted by Crippen LogP contribution is -2.38. The first kappa shape index (κ1) is 18.7. The number of ether oxygens (including phenoxy) is 1. The predicted octanol–water partition coefficient (Wildman–Crippen LogP) is 1.83. The Balaban J connectivity index is 2.52. The highest BCUT2D eigenvalue weighted by Crippen LogP contribution is 2.22. The fourth-order valence-electron chi connectivity index (χ4n) is 1.51. The van der Waals surface area contributed by atoms with Gasteiger partial charge in [-0.05, 0) is 39.0 Å². The summed E-state index contributed by atoms with van der Waals surface area (Å²) in [7, 11) is -3.73. The first-order chi connectivity index (χ1) is 10.0. The lowest BCUT2D eigenvalue weighted by atomic mass is 10.2. The Morgan fingerprint density at radius 3 is 2.50 bits per heavy atom. The van der Waals surface area contributed by atoms with Crippen molar-refractivity contribution in [2.45, 2.75) is 31.3 Å².